The molecule has 0 saturated carbocycles. The second-order valence-corrected chi connectivity index (χ2v) is 9.84. The van der Waals surface area contributed by atoms with Crippen LogP contribution in [0.2, 0.25) is 0 Å². The monoisotopic (exact) mass is 453 g/mol. The van der Waals surface area contributed by atoms with Crippen molar-refractivity contribution in [1.82, 2.24) is 3.97 Å². The molecular weight excluding hydrogens is 426 g/mol. The van der Waals surface area contributed by atoms with Crippen molar-refractivity contribution in [2.75, 3.05) is 0 Å². The minimum absolute atomic E-state index is 0.279. The maximum absolute atomic E-state index is 13.9. The molecule has 4 aromatic rings. The number of rotatable bonds is 6. The fourth-order valence-electron chi connectivity index (χ4n) is 3.78. The first kappa shape index (κ1) is 22.6. The molecule has 1 aromatic heterocycles. The Labute approximate surface area is 196 Å². The Hall–Kier alpha value is -3.55. The van der Waals surface area contributed by atoms with Crippen molar-refractivity contribution in [1.29, 1.82) is 0 Å². The predicted molar refractivity (Wildman–Crippen MR) is 135 cm³/mol. The van der Waals surface area contributed by atoms with Crippen LogP contribution in [-0.2, 0) is 16.4 Å². The molecule has 0 aliphatic rings. The molecule has 0 bridgehead atoms. The van der Waals surface area contributed by atoms with E-state index in [2.05, 4.69) is 18.8 Å². The minimum atomic E-state index is -3.81. The topological polar surface area (TPSA) is 39.1 Å². The summed E-state index contributed by atoms with van der Waals surface area (Å²) in [5.41, 5.74) is 4.89. The van der Waals surface area contributed by atoms with Crippen LogP contribution >= 0.6 is 0 Å². The summed E-state index contributed by atoms with van der Waals surface area (Å²) < 4.78 is 29.4. The second kappa shape index (κ2) is 9.94. The van der Waals surface area contributed by atoms with Gasteiger partial charge >= 0.3 is 0 Å². The molecule has 166 valence electrons. The highest BCUT2D eigenvalue weighted by atomic mass is 32.2. The van der Waals surface area contributed by atoms with Crippen LogP contribution in [-0.4, -0.2) is 12.4 Å². The predicted octanol–water partition coefficient (Wildman–Crippen LogP) is 6.44. The van der Waals surface area contributed by atoms with Crippen LogP contribution in [0.25, 0.3) is 11.3 Å². The highest BCUT2D eigenvalue weighted by Crippen LogP contribution is 2.31. The van der Waals surface area contributed by atoms with Gasteiger partial charge in [-0.2, -0.15) is 0 Å². The zero-order chi connectivity index (χ0) is 23.3. The largest absolute Gasteiger partial charge is 0.268 e. The quantitative estimate of drug-likeness (QED) is 0.315. The molecule has 4 rings (SSSR count). The zero-order valence-corrected chi connectivity index (χ0v) is 19.8. The van der Waals surface area contributed by atoms with Crippen LogP contribution < -0.4 is 0 Å². The first-order valence-corrected chi connectivity index (χ1v) is 12.6. The van der Waals surface area contributed by atoms with Crippen LogP contribution in [0.3, 0.4) is 0 Å². The van der Waals surface area contributed by atoms with Gasteiger partial charge in [0.2, 0.25) is 0 Å². The molecule has 0 aliphatic carbocycles. The number of benzene rings is 3. The summed E-state index contributed by atoms with van der Waals surface area (Å²) in [6.45, 7) is 4.06. The van der Waals surface area contributed by atoms with Crippen molar-refractivity contribution in [3.8, 4) is 23.1 Å². The highest BCUT2D eigenvalue weighted by Gasteiger charge is 2.26. The van der Waals surface area contributed by atoms with E-state index in [1.165, 1.54) is 3.97 Å². The van der Waals surface area contributed by atoms with Crippen molar-refractivity contribution in [2.24, 2.45) is 0 Å². The molecule has 4 heteroatoms. The van der Waals surface area contributed by atoms with Crippen LogP contribution in [0.5, 0.6) is 0 Å². The molecule has 1 heterocycles. The average Bonchev–Trinajstić information content (AvgIpc) is 3.22. The van der Waals surface area contributed by atoms with Gasteiger partial charge in [0.05, 0.1) is 16.3 Å². The van der Waals surface area contributed by atoms with Gasteiger partial charge in [-0.05, 0) is 55.7 Å². The third kappa shape index (κ3) is 4.94. The molecule has 0 radical (unpaired) electrons. The third-order valence-corrected chi connectivity index (χ3v) is 7.33. The number of aromatic nitrogens is 1. The van der Waals surface area contributed by atoms with Gasteiger partial charge in [-0.1, -0.05) is 91.4 Å². The Morgan fingerprint density at radius 3 is 2.09 bits per heavy atom. The molecule has 0 unspecified atom stereocenters. The van der Waals surface area contributed by atoms with Crippen molar-refractivity contribution >= 4 is 10.0 Å². The van der Waals surface area contributed by atoms with E-state index in [-0.39, 0.29) is 4.90 Å². The molecule has 0 spiro atoms. The lowest BCUT2D eigenvalue weighted by atomic mass is 10.1. The fourth-order valence-corrected chi connectivity index (χ4v) is 5.37. The van der Waals surface area contributed by atoms with Crippen molar-refractivity contribution in [2.45, 2.75) is 38.0 Å². The lowest BCUT2D eigenvalue weighted by molar-refractivity contribution is 0.584. The summed E-state index contributed by atoms with van der Waals surface area (Å²) >= 11 is 0. The number of unbranched alkanes of at least 4 members (excludes halogenated alkanes) is 1. The van der Waals surface area contributed by atoms with Gasteiger partial charge in [-0.25, -0.2) is 12.4 Å². The third-order valence-electron chi connectivity index (χ3n) is 5.57. The van der Waals surface area contributed by atoms with Gasteiger partial charge in [0, 0.05) is 11.1 Å². The van der Waals surface area contributed by atoms with E-state index in [1.807, 2.05) is 85.8 Å². The summed E-state index contributed by atoms with van der Waals surface area (Å²) in [4.78, 5) is 0.279. The average molecular weight is 454 g/mol. The maximum Gasteiger partial charge on any atom is 0.268 e. The fraction of sp³-hybridized carbons (Fsp3) is 0.172. The van der Waals surface area contributed by atoms with Gasteiger partial charge in [-0.15, -0.1) is 0 Å². The molecule has 0 fully saturated rings. The van der Waals surface area contributed by atoms with Crippen LogP contribution in [0, 0.1) is 18.8 Å². The smallest absolute Gasteiger partial charge is 0.237 e. The minimum Gasteiger partial charge on any atom is -0.237 e. The normalized spacial score (nSPS) is 11.1. The van der Waals surface area contributed by atoms with E-state index in [0.29, 0.717) is 12.1 Å². The Kier molecular flexibility index (Phi) is 6.82. The van der Waals surface area contributed by atoms with Gasteiger partial charge < -0.3 is 0 Å². The molecule has 0 saturated heterocycles. The number of hydrogen-bond acceptors (Lipinski definition) is 2. The Balaban J connectivity index is 1.97. The van der Waals surface area contributed by atoms with E-state index < -0.39 is 10.0 Å². The van der Waals surface area contributed by atoms with Crippen molar-refractivity contribution in [3.63, 3.8) is 0 Å². The molecule has 3 nitrogen and oxygen atoms in total. The number of aryl methyl sites for hydroxylation is 1. The van der Waals surface area contributed by atoms with Gasteiger partial charge in [-0.3, -0.25) is 0 Å². The van der Waals surface area contributed by atoms with Crippen LogP contribution in [0.1, 0.15) is 42.1 Å². The molecular formula is C29H27NO2S. The molecule has 3 aromatic carbocycles. The SMILES string of the molecule is CCCCc1c(C#Cc2ccccc2)cc(-c2ccccc2)n1S(=O)(=O)c1ccc(C)cc1. The lowest BCUT2D eigenvalue weighted by Crippen LogP contribution is -2.17. The van der Waals surface area contributed by atoms with E-state index in [0.717, 1.165) is 40.8 Å². The molecule has 0 amide bonds. The van der Waals surface area contributed by atoms with E-state index in [4.69, 9.17) is 0 Å². The summed E-state index contributed by atoms with van der Waals surface area (Å²) in [7, 11) is -3.81. The Bertz CT molecular complexity index is 1390. The Morgan fingerprint density at radius 1 is 0.818 bits per heavy atom. The first-order valence-electron chi connectivity index (χ1n) is 11.2. The first-order chi connectivity index (χ1) is 16.0. The van der Waals surface area contributed by atoms with Crippen molar-refractivity contribution < 1.29 is 8.42 Å². The Morgan fingerprint density at radius 2 is 1.45 bits per heavy atom. The van der Waals surface area contributed by atoms with Gasteiger partial charge in [0.15, 0.2) is 0 Å². The molecule has 0 N–H and O–H groups in total. The van der Waals surface area contributed by atoms with Crippen LogP contribution in [0.4, 0.5) is 0 Å². The van der Waals surface area contributed by atoms with Gasteiger partial charge in [0.1, 0.15) is 0 Å². The molecule has 33 heavy (non-hydrogen) atoms. The standard InChI is InChI=1S/C29H27NO2S/c1-3-4-15-28-26(19-18-24-11-7-5-8-12-24)22-29(25-13-9-6-10-14-25)30(28)33(31,32)27-20-16-23(2)17-21-27/h5-14,16-17,20-22H,3-4,15H2,1-2H3. The van der Waals surface area contributed by atoms with Crippen LogP contribution in [0.15, 0.2) is 95.9 Å². The summed E-state index contributed by atoms with van der Waals surface area (Å²) in [6.07, 6.45) is 2.47. The van der Waals surface area contributed by atoms with Crippen molar-refractivity contribution in [3.05, 3.63) is 113 Å². The van der Waals surface area contributed by atoms with E-state index in [9.17, 15) is 8.42 Å². The van der Waals surface area contributed by atoms with E-state index >= 15 is 0 Å². The highest BCUT2D eigenvalue weighted by molar-refractivity contribution is 7.90. The summed E-state index contributed by atoms with van der Waals surface area (Å²) in [5, 5.41) is 0. The van der Waals surface area contributed by atoms with E-state index in [1.54, 1.807) is 12.1 Å². The zero-order valence-electron chi connectivity index (χ0n) is 19.0. The second-order valence-electron chi connectivity index (χ2n) is 8.06. The number of hydrogen-bond donors (Lipinski definition) is 0. The molecule has 0 aliphatic heterocycles. The number of nitrogens with zero attached hydrogens (tertiary/aromatic N) is 1. The lowest BCUT2D eigenvalue weighted by Gasteiger charge is -2.15. The summed E-state index contributed by atoms with van der Waals surface area (Å²) in [5.74, 6) is 6.48. The van der Waals surface area contributed by atoms with Gasteiger partial charge in [0.25, 0.3) is 10.0 Å². The maximum atomic E-state index is 13.9. The molecule has 0 atom stereocenters. The summed E-state index contributed by atoms with van der Waals surface area (Å²) in [6, 6.07) is 28.4.